The Hall–Kier alpha value is -1.27. The highest BCUT2D eigenvalue weighted by molar-refractivity contribution is 5.98. The molecule has 0 aromatic carbocycles. The van der Waals surface area contributed by atoms with Crippen molar-refractivity contribution in [3.8, 4) is 0 Å². The highest BCUT2D eigenvalue weighted by Gasteiger charge is 2.50. The second-order valence-electron chi connectivity index (χ2n) is 5.19. The van der Waals surface area contributed by atoms with Gasteiger partial charge in [0.2, 0.25) is 11.8 Å². The molecule has 2 rings (SSSR count). The summed E-state index contributed by atoms with van der Waals surface area (Å²) < 4.78 is 37.1. The number of amides is 2. The van der Waals surface area contributed by atoms with E-state index in [1.54, 1.807) is 0 Å². The number of alkyl halides is 3. The zero-order valence-corrected chi connectivity index (χ0v) is 10.6. The minimum Gasteiger partial charge on any atom is -0.345 e. The molecule has 0 bridgehead atoms. The monoisotopic (exact) mass is 278 g/mol. The van der Waals surface area contributed by atoms with E-state index in [-0.39, 0.29) is 12.5 Å². The molecule has 4 nitrogen and oxygen atoms in total. The van der Waals surface area contributed by atoms with E-state index in [9.17, 15) is 22.8 Å². The smallest absolute Gasteiger partial charge is 0.345 e. The van der Waals surface area contributed by atoms with Crippen LogP contribution in [0.2, 0.25) is 0 Å². The second-order valence-corrected chi connectivity index (χ2v) is 5.19. The first-order valence-corrected chi connectivity index (χ1v) is 6.51. The van der Waals surface area contributed by atoms with Gasteiger partial charge in [0.05, 0.1) is 13.0 Å². The number of carbonyl (C=O) groups is 2. The van der Waals surface area contributed by atoms with Crippen LogP contribution in [-0.4, -0.2) is 41.5 Å². The van der Waals surface area contributed by atoms with Crippen LogP contribution < -0.4 is 5.32 Å². The summed E-state index contributed by atoms with van der Waals surface area (Å²) in [5.74, 6) is -0.709. The van der Waals surface area contributed by atoms with Crippen molar-refractivity contribution in [1.82, 2.24) is 10.2 Å². The summed E-state index contributed by atoms with van der Waals surface area (Å²) in [5.41, 5.74) is -1.04. The molecule has 1 aliphatic heterocycles. The molecule has 1 saturated heterocycles. The van der Waals surface area contributed by atoms with E-state index in [0.717, 1.165) is 19.3 Å². The van der Waals surface area contributed by atoms with Crippen molar-refractivity contribution in [1.29, 1.82) is 0 Å². The molecule has 0 aromatic heterocycles. The number of piperazine rings is 1. The highest BCUT2D eigenvalue weighted by Crippen LogP contribution is 2.36. The minimum atomic E-state index is -4.32. The van der Waals surface area contributed by atoms with E-state index in [4.69, 9.17) is 0 Å². The van der Waals surface area contributed by atoms with Crippen LogP contribution in [0.5, 0.6) is 0 Å². The topological polar surface area (TPSA) is 49.4 Å². The lowest BCUT2D eigenvalue weighted by molar-refractivity contribution is -0.165. The van der Waals surface area contributed by atoms with Crippen LogP contribution in [-0.2, 0) is 9.59 Å². The molecule has 0 atom stereocenters. The lowest BCUT2D eigenvalue weighted by Crippen LogP contribution is -2.68. The van der Waals surface area contributed by atoms with Crippen molar-refractivity contribution in [2.24, 2.45) is 0 Å². The third-order valence-electron chi connectivity index (χ3n) is 3.94. The fraction of sp³-hybridized carbons (Fsp3) is 0.833. The number of nitrogens with zero attached hydrogens (tertiary/aromatic N) is 1. The Bertz CT molecular complexity index is 376. The summed E-state index contributed by atoms with van der Waals surface area (Å²) in [6, 6.07) is 0. The summed E-state index contributed by atoms with van der Waals surface area (Å²) >= 11 is 0. The van der Waals surface area contributed by atoms with Crippen LogP contribution in [0.3, 0.4) is 0 Å². The van der Waals surface area contributed by atoms with E-state index < -0.39 is 30.6 Å². The van der Waals surface area contributed by atoms with E-state index in [0.29, 0.717) is 12.8 Å². The molecule has 1 saturated carbocycles. The van der Waals surface area contributed by atoms with Crippen molar-refractivity contribution in [2.45, 2.75) is 50.2 Å². The summed E-state index contributed by atoms with van der Waals surface area (Å²) in [7, 11) is 0. The Kier molecular flexibility index (Phi) is 3.73. The third kappa shape index (κ3) is 2.84. The Balaban J connectivity index is 2.18. The maximum atomic E-state index is 12.4. The first-order chi connectivity index (χ1) is 8.85. The molecule has 2 amide bonds. The summed E-state index contributed by atoms with van der Waals surface area (Å²) in [4.78, 5) is 25.1. The van der Waals surface area contributed by atoms with Gasteiger partial charge in [-0.25, -0.2) is 0 Å². The maximum absolute atomic E-state index is 12.4. The van der Waals surface area contributed by atoms with Gasteiger partial charge >= 0.3 is 6.18 Å². The Morgan fingerprint density at radius 2 is 1.79 bits per heavy atom. The first kappa shape index (κ1) is 14.1. The molecule has 0 aromatic rings. The minimum absolute atomic E-state index is 0.196. The van der Waals surface area contributed by atoms with Crippen molar-refractivity contribution in [3.63, 3.8) is 0 Å². The standard InChI is InChI=1S/C12H17F3N2O2/c13-12(14,15)6-7-17-9(18)8-16-10(19)11(17)4-2-1-3-5-11/h1-8H2,(H,16,19). The van der Waals surface area contributed by atoms with Gasteiger partial charge in [0.25, 0.3) is 0 Å². The lowest BCUT2D eigenvalue weighted by Gasteiger charge is -2.48. The van der Waals surface area contributed by atoms with E-state index >= 15 is 0 Å². The quantitative estimate of drug-likeness (QED) is 0.834. The van der Waals surface area contributed by atoms with Crippen molar-refractivity contribution in [2.75, 3.05) is 13.1 Å². The van der Waals surface area contributed by atoms with Gasteiger partial charge in [0, 0.05) is 6.54 Å². The van der Waals surface area contributed by atoms with Gasteiger partial charge in [-0.3, -0.25) is 9.59 Å². The van der Waals surface area contributed by atoms with E-state index in [1.165, 1.54) is 4.90 Å². The number of rotatable bonds is 2. The zero-order chi connectivity index (χ0) is 14.1. The average molecular weight is 278 g/mol. The maximum Gasteiger partial charge on any atom is 0.390 e. The lowest BCUT2D eigenvalue weighted by atomic mass is 9.78. The Morgan fingerprint density at radius 3 is 2.37 bits per heavy atom. The number of halogens is 3. The first-order valence-electron chi connectivity index (χ1n) is 6.51. The van der Waals surface area contributed by atoms with Gasteiger partial charge in [0.15, 0.2) is 0 Å². The third-order valence-corrected chi connectivity index (χ3v) is 3.94. The van der Waals surface area contributed by atoms with Crippen molar-refractivity contribution >= 4 is 11.8 Å². The molecular formula is C12H17F3N2O2. The molecular weight excluding hydrogens is 261 g/mol. The molecule has 1 N–H and O–H groups in total. The molecule has 1 aliphatic carbocycles. The fourth-order valence-corrected chi connectivity index (χ4v) is 2.99. The van der Waals surface area contributed by atoms with Gasteiger partial charge in [-0.2, -0.15) is 13.2 Å². The van der Waals surface area contributed by atoms with Gasteiger partial charge in [-0.05, 0) is 12.8 Å². The largest absolute Gasteiger partial charge is 0.390 e. The molecule has 2 fully saturated rings. The van der Waals surface area contributed by atoms with Crippen LogP contribution >= 0.6 is 0 Å². The molecule has 7 heteroatoms. The summed E-state index contributed by atoms with van der Waals surface area (Å²) in [6.45, 7) is -0.617. The van der Waals surface area contributed by atoms with Crippen LogP contribution in [0, 0.1) is 0 Å². The predicted octanol–water partition coefficient (Wildman–Crippen LogP) is 1.60. The van der Waals surface area contributed by atoms with Crippen LogP contribution in [0.15, 0.2) is 0 Å². The Labute approximate surface area is 109 Å². The number of hydrogen-bond donors (Lipinski definition) is 1. The van der Waals surface area contributed by atoms with Gasteiger partial charge in [-0.15, -0.1) is 0 Å². The average Bonchev–Trinajstić information content (AvgIpc) is 2.34. The van der Waals surface area contributed by atoms with Crippen LogP contribution in [0.25, 0.3) is 0 Å². The highest BCUT2D eigenvalue weighted by atomic mass is 19.4. The fourth-order valence-electron chi connectivity index (χ4n) is 2.99. The summed E-state index contributed by atoms with van der Waals surface area (Å²) in [5, 5.41) is 2.51. The molecule has 108 valence electrons. The molecule has 0 unspecified atom stereocenters. The predicted molar refractivity (Wildman–Crippen MR) is 61.2 cm³/mol. The van der Waals surface area contributed by atoms with Gasteiger partial charge in [0.1, 0.15) is 5.54 Å². The van der Waals surface area contributed by atoms with Gasteiger partial charge in [-0.1, -0.05) is 19.3 Å². The summed E-state index contributed by atoms with van der Waals surface area (Å²) in [6.07, 6.45) is -1.97. The van der Waals surface area contributed by atoms with Crippen LogP contribution in [0.4, 0.5) is 13.2 Å². The number of nitrogens with one attached hydrogen (secondary N) is 1. The van der Waals surface area contributed by atoms with Crippen LogP contribution in [0.1, 0.15) is 38.5 Å². The second kappa shape index (κ2) is 5.02. The van der Waals surface area contributed by atoms with Gasteiger partial charge < -0.3 is 10.2 Å². The molecule has 1 spiro atoms. The Morgan fingerprint density at radius 1 is 1.16 bits per heavy atom. The number of carbonyl (C=O) groups excluding carboxylic acids is 2. The molecule has 0 radical (unpaired) electrons. The molecule has 2 aliphatic rings. The number of hydrogen-bond acceptors (Lipinski definition) is 2. The van der Waals surface area contributed by atoms with Crippen molar-refractivity contribution < 1.29 is 22.8 Å². The SMILES string of the molecule is O=C1CNC(=O)C2(CCCCC2)N1CCC(F)(F)F. The zero-order valence-electron chi connectivity index (χ0n) is 10.6. The molecule has 1 heterocycles. The normalized spacial score (nSPS) is 23.6. The van der Waals surface area contributed by atoms with E-state index in [2.05, 4.69) is 5.32 Å². The molecule has 19 heavy (non-hydrogen) atoms. The van der Waals surface area contributed by atoms with E-state index in [1.807, 2.05) is 0 Å². The van der Waals surface area contributed by atoms with Crippen molar-refractivity contribution in [3.05, 3.63) is 0 Å².